The van der Waals surface area contributed by atoms with E-state index in [1.165, 1.54) is 5.56 Å². The summed E-state index contributed by atoms with van der Waals surface area (Å²) in [4.78, 5) is 11.5. The highest BCUT2D eigenvalue weighted by molar-refractivity contribution is 5.80. The van der Waals surface area contributed by atoms with Crippen LogP contribution in [0.4, 0.5) is 0 Å². The van der Waals surface area contributed by atoms with Crippen molar-refractivity contribution in [3.8, 4) is 11.5 Å². The number of benzene rings is 1. The van der Waals surface area contributed by atoms with Gasteiger partial charge in [0, 0.05) is 12.3 Å². The van der Waals surface area contributed by atoms with Crippen LogP contribution in [0, 0.1) is 5.92 Å². The fraction of sp³-hybridized carbons (Fsp3) is 0.533. The van der Waals surface area contributed by atoms with Crippen LogP contribution in [0.2, 0.25) is 0 Å². The lowest BCUT2D eigenvalue weighted by Crippen LogP contribution is -2.06. The molecule has 0 unspecified atom stereocenters. The van der Waals surface area contributed by atoms with Gasteiger partial charge < -0.3 is 9.47 Å². The zero-order valence-electron chi connectivity index (χ0n) is 11.7. The molecule has 0 aliphatic rings. The summed E-state index contributed by atoms with van der Waals surface area (Å²) < 4.78 is 10.4. The SMILES string of the molecule is COc1ccc(CCCC(=O)C(C)C)cc1OC. The number of carbonyl (C=O) groups excluding carboxylic acids is 1. The number of rotatable bonds is 7. The van der Waals surface area contributed by atoms with Crippen LogP contribution in [-0.4, -0.2) is 20.0 Å². The van der Waals surface area contributed by atoms with Crippen molar-refractivity contribution >= 4 is 5.78 Å². The van der Waals surface area contributed by atoms with Crippen LogP contribution in [0.3, 0.4) is 0 Å². The molecule has 1 rings (SSSR count). The number of aryl methyl sites for hydroxylation is 1. The molecule has 0 N–H and O–H groups in total. The third kappa shape index (κ3) is 4.06. The quantitative estimate of drug-likeness (QED) is 0.745. The molecule has 0 bridgehead atoms. The van der Waals surface area contributed by atoms with Gasteiger partial charge in [-0.2, -0.15) is 0 Å². The number of carbonyl (C=O) groups is 1. The Kier molecular flexibility index (Phi) is 5.69. The summed E-state index contributed by atoms with van der Waals surface area (Å²) in [6.07, 6.45) is 2.41. The fourth-order valence-corrected chi connectivity index (χ4v) is 1.79. The predicted octanol–water partition coefficient (Wildman–Crippen LogP) is 3.25. The van der Waals surface area contributed by atoms with Crippen LogP contribution in [0.25, 0.3) is 0 Å². The van der Waals surface area contributed by atoms with Gasteiger partial charge in [0.05, 0.1) is 14.2 Å². The molecule has 0 amide bonds. The minimum Gasteiger partial charge on any atom is -0.493 e. The summed E-state index contributed by atoms with van der Waals surface area (Å²) in [6, 6.07) is 5.89. The van der Waals surface area contributed by atoms with Gasteiger partial charge in [0.2, 0.25) is 0 Å². The monoisotopic (exact) mass is 250 g/mol. The molecule has 18 heavy (non-hydrogen) atoms. The van der Waals surface area contributed by atoms with E-state index < -0.39 is 0 Å². The second-order valence-corrected chi connectivity index (χ2v) is 4.66. The standard InChI is InChI=1S/C15H22O3/c1-11(2)13(16)7-5-6-12-8-9-14(17-3)15(10-12)18-4/h8-11H,5-7H2,1-4H3. The first kappa shape index (κ1) is 14.6. The Labute approximate surface area is 109 Å². The molecule has 0 fully saturated rings. The first-order valence-electron chi connectivity index (χ1n) is 6.32. The summed E-state index contributed by atoms with van der Waals surface area (Å²) in [5.74, 6) is 1.94. The first-order chi connectivity index (χ1) is 8.58. The minimum absolute atomic E-state index is 0.135. The summed E-state index contributed by atoms with van der Waals surface area (Å²) in [5, 5.41) is 0. The van der Waals surface area contributed by atoms with Crippen molar-refractivity contribution in [1.82, 2.24) is 0 Å². The average Bonchev–Trinajstić information content (AvgIpc) is 2.38. The van der Waals surface area contributed by atoms with Gasteiger partial charge in [-0.25, -0.2) is 0 Å². The summed E-state index contributed by atoms with van der Waals surface area (Å²) in [5.41, 5.74) is 1.17. The zero-order valence-corrected chi connectivity index (χ0v) is 11.7. The van der Waals surface area contributed by atoms with Crippen molar-refractivity contribution in [1.29, 1.82) is 0 Å². The number of hydrogen-bond donors (Lipinski definition) is 0. The Morgan fingerprint density at radius 3 is 2.39 bits per heavy atom. The molecular formula is C15H22O3. The molecule has 100 valence electrons. The van der Waals surface area contributed by atoms with E-state index in [1.807, 2.05) is 32.0 Å². The number of ketones is 1. The van der Waals surface area contributed by atoms with E-state index in [9.17, 15) is 4.79 Å². The van der Waals surface area contributed by atoms with Crippen molar-refractivity contribution in [3.05, 3.63) is 23.8 Å². The molecule has 0 heterocycles. The van der Waals surface area contributed by atoms with Crippen LogP contribution in [0.1, 0.15) is 32.3 Å². The van der Waals surface area contributed by atoms with Crippen molar-refractivity contribution in [2.45, 2.75) is 33.1 Å². The van der Waals surface area contributed by atoms with Crippen molar-refractivity contribution in [2.75, 3.05) is 14.2 Å². The molecule has 0 radical (unpaired) electrons. The van der Waals surface area contributed by atoms with Crippen molar-refractivity contribution < 1.29 is 14.3 Å². The second kappa shape index (κ2) is 7.04. The van der Waals surface area contributed by atoms with Crippen molar-refractivity contribution in [3.63, 3.8) is 0 Å². The molecule has 0 atom stereocenters. The molecule has 3 nitrogen and oxygen atoms in total. The van der Waals surface area contributed by atoms with Crippen LogP contribution >= 0.6 is 0 Å². The van der Waals surface area contributed by atoms with Crippen molar-refractivity contribution in [2.24, 2.45) is 5.92 Å². The van der Waals surface area contributed by atoms with Gasteiger partial charge in [0.25, 0.3) is 0 Å². The molecule has 0 aromatic heterocycles. The van der Waals surface area contributed by atoms with Crippen LogP contribution in [-0.2, 0) is 11.2 Å². The maximum Gasteiger partial charge on any atom is 0.160 e. The van der Waals surface area contributed by atoms with E-state index in [4.69, 9.17) is 9.47 Å². The number of hydrogen-bond acceptors (Lipinski definition) is 3. The van der Waals surface area contributed by atoms with Gasteiger partial charge in [-0.05, 0) is 30.5 Å². The Morgan fingerprint density at radius 2 is 1.83 bits per heavy atom. The van der Waals surface area contributed by atoms with E-state index in [1.54, 1.807) is 14.2 Å². The Bertz CT molecular complexity index is 397. The first-order valence-corrected chi connectivity index (χ1v) is 6.32. The van der Waals surface area contributed by atoms with Gasteiger partial charge in [-0.15, -0.1) is 0 Å². The zero-order chi connectivity index (χ0) is 13.5. The number of methoxy groups -OCH3 is 2. The topological polar surface area (TPSA) is 35.5 Å². The highest BCUT2D eigenvalue weighted by atomic mass is 16.5. The summed E-state index contributed by atoms with van der Waals surface area (Å²) >= 11 is 0. The highest BCUT2D eigenvalue weighted by Gasteiger charge is 2.08. The van der Waals surface area contributed by atoms with Gasteiger partial charge in [-0.3, -0.25) is 4.79 Å². The van der Waals surface area contributed by atoms with Gasteiger partial charge >= 0.3 is 0 Å². The van der Waals surface area contributed by atoms with Crippen LogP contribution in [0.5, 0.6) is 11.5 Å². The Balaban J connectivity index is 2.55. The van der Waals surface area contributed by atoms with E-state index in [2.05, 4.69) is 0 Å². The molecule has 0 spiro atoms. The molecular weight excluding hydrogens is 228 g/mol. The maximum absolute atomic E-state index is 11.5. The van der Waals surface area contributed by atoms with Gasteiger partial charge in [0.15, 0.2) is 11.5 Å². The fourth-order valence-electron chi connectivity index (χ4n) is 1.79. The van der Waals surface area contributed by atoms with E-state index in [-0.39, 0.29) is 5.92 Å². The molecule has 0 aliphatic heterocycles. The molecule has 0 saturated heterocycles. The molecule has 3 heteroatoms. The highest BCUT2D eigenvalue weighted by Crippen LogP contribution is 2.28. The average molecular weight is 250 g/mol. The minimum atomic E-state index is 0.135. The van der Waals surface area contributed by atoms with Gasteiger partial charge in [-0.1, -0.05) is 19.9 Å². The summed E-state index contributed by atoms with van der Waals surface area (Å²) in [7, 11) is 3.25. The molecule has 0 aliphatic carbocycles. The van der Waals surface area contributed by atoms with Crippen LogP contribution < -0.4 is 9.47 Å². The Morgan fingerprint density at radius 1 is 1.17 bits per heavy atom. The molecule has 1 aromatic carbocycles. The van der Waals surface area contributed by atoms with E-state index >= 15 is 0 Å². The third-order valence-electron chi connectivity index (χ3n) is 2.98. The Hall–Kier alpha value is -1.51. The lowest BCUT2D eigenvalue weighted by atomic mass is 10.0. The van der Waals surface area contributed by atoms with Crippen LogP contribution in [0.15, 0.2) is 18.2 Å². The normalized spacial score (nSPS) is 10.5. The van der Waals surface area contributed by atoms with E-state index in [0.29, 0.717) is 12.2 Å². The predicted molar refractivity (Wildman–Crippen MR) is 72.3 cm³/mol. The molecule has 1 aromatic rings. The largest absolute Gasteiger partial charge is 0.493 e. The lowest BCUT2D eigenvalue weighted by Gasteiger charge is -2.09. The third-order valence-corrected chi connectivity index (χ3v) is 2.98. The summed E-state index contributed by atoms with van der Waals surface area (Å²) in [6.45, 7) is 3.89. The second-order valence-electron chi connectivity index (χ2n) is 4.66. The maximum atomic E-state index is 11.5. The number of ether oxygens (including phenoxy) is 2. The molecule has 0 saturated carbocycles. The van der Waals surface area contributed by atoms with E-state index in [0.717, 1.165) is 24.3 Å². The lowest BCUT2D eigenvalue weighted by molar-refractivity contribution is -0.121. The smallest absolute Gasteiger partial charge is 0.160 e. The number of Topliss-reactive ketones (excluding diaryl/α,β-unsaturated/α-hetero) is 1. The van der Waals surface area contributed by atoms with Gasteiger partial charge in [0.1, 0.15) is 5.78 Å².